The van der Waals surface area contributed by atoms with Crippen molar-refractivity contribution in [2.24, 2.45) is 27.7 Å². The maximum atomic E-state index is 13.4. The molecule has 204 valence electrons. The highest BCUT2D eigenvalue weighted by Gasteiger charge is 2.25. The van der Waals surface area contributed by atoms with Gasteiger partial charge in [0.25, 0.3) is 5.91 Å². The fourth-order valence-electron chi connectivity index (χ4n) is 4.51. The van der Waals surface area contributed by atoms with Gasteiger partial charge in [-0.2, -0.15) is 0 Å². The minimum absolute atomic E-state index is 0.0613. The molecule has 8 nitrogen and oxygen atoms in total. The fourth-order valence-corrected chi connectivity index (χ4v) is 4.51. The molecule has 37 heavy (non-hydrogen) atoms. The number of hydrogen-bond donors (Lipinski definition) is 2. The van der Waals surface area contributed by atoms with Crippen molar-refractivity contribution in [1.29, 1.82) is 0 Å². The molecule has 1 amide bonds. The number of ether oxygens (including phenoxy) is 1. The van der Waals surface area contributed by atoms with E-state index in [1.54, 1.807) is 13.1 Å². The van der Waals surface area contributed by atoms with Crippen molar-refractivity contribution >= 4 is 23.5 Å². The Morgan fingerprint density at radius 3 is 2.57 bits per heavy atom. The second kappa shape index (κ2) is 15.3. The summed E-state index contributed by atoms with van der Waals surface area (Å²) in [4.78, 5) is 36.9. The minimum Gasteiger partial charge on any atom is -0.478 e. The zero-order valence-corrected chi connectivity index (χ0v) is 23.3. The first kappa shape index (κ1) is 30.2. The molecule has 3 atom stereocenters. The van der Waals surface area contributed by atoms with Crippen LogP contribution in [0.2, 0.25) is 0 Å². The van der Waals surface area contributed by atoms with Crippen LogP contribution in [0, 0.1) is 17.8 Å². The molecule has 0 saturated carbocycles. The van der Waals surface area contributed by atoms with Gasteiger partial charge in [0.05, 0.1) is 18.8 Å². The molecule has 1 fully saturated rings. The SMILES string of the molecule is CC=CC(=CC(=NC(=NC)N1CCOCC1)C(C)CC)NC(=O)C1=C(C(=O)O)C=CC(CC)C(C)CC1. The number of hydrogen-bond acceptors (Lipinski definition) is 4. The Balaban J connectivity index is 2.44. The van der Waals surface area contributed by atoms with E-state index in [-0.39, 0.29) is 11.5 Å². The van der Waals surface area contributed by atoms with Gasteiger partial charge in [0.1, 0.15) is 0 Å². The Bertz CT molecular complexity index is 984. The van der Waals surface area contributed by atoms with Gasteiger partial charge in [-0.25, -0.2) is 9.79 Å². The van der Waals surface area contributed by atoms with Gasteiger partial charge in [-0.15, -0.1) is 0 Å². The Labute approximate surface area is 222 Å². The van der Waals surface area contributed by atoms with E-state index in [1.165, 1.54) is 0 Å². The summed E-state index contributed by atoms with van der Waals surface area (Å²) in [6, 6.07) is 0. The number of carboxylic acid groups (broad SMARTS) is 1. The first-order valence-electron chi connectivity index (χ1n) is 13.4. The quantitative estimate of drug-likeness (QED) is 0.277. The average molecular weight is 513 g/mol. The van der Waals surface area contributed by atoms with Gasteiger partial charge in [0.15, 0.2) is 0 Å². The van der Waals surface area contributed by atoms with E-state index in [1.807, 2.05) is 31.2 Å². The van der Waals surface area contributed by atoms with Gasteiger partial charge in [0.2, 0.25) is 5.96 Å². The Morgan fingerprint density at radius 1 is 1.30 bits per heavy atom. The zero-order valence-electron chi connectivity index (χ0n) is 23.3. The number of aliphatic carboxylic acids is 1. The predicted octanol–water partition coefficient (Wildman–Crippen LogP) is 4.76. The van der Waals surface area contributed by atoms with Crippen LogP contribution in [-0.4, -0.2) is 66.9 Å². The molecular weight excluding hydrogens is 468 g/mol. The van der Waals surface area contributed by atoms with Crippen LogP contribution in [0.1, 0.15) is 60.3 Å². The number of allylic oxidation sites excluding steroid dienone is 4. The lowest BCUT2D eigenvalue weighted by atomic mass is 9.83. The van der Waals surface area contributed by atoms with Crippen LogP contribution in [0.25, 0.3) is 0 Å². The lowest BCUT2D eigenvalue weighted by Gasteiger charge is -2.28. The van der Waals surface area contributed by atoms with E-state index >= 15 is 0 Å². The summed E-state index contributed by atoms with van der Waals surface area (Å²) in [5, 5.41) is 12.8. The number of carboxylic acids is 1. The van der Waals surface area contributed by atoms with Crippen molar-refractivity contribution in [3.63, 3.8) is 0 Å². The van der Waals surface area contributed by atoms with Gasteiger partial charge in [-0.3, -0.25) is 9.79 Å². The summed E-state index contributed by atoms with van der Waals surface area (Å²) in [6.45, 7) is 13.0. The monoisotopic (exact) mass is 512 g/mol. The Kier molecular flexibility index (Phi) is 12.5. The summed E-state index contributed by atoms with van der Waals surface area (Å²) in [6.07, 6.45) is 12.0. The summed E-state index contributed by atoms with van der Waals surface area (Å²) < 4.78 is 5.46. The summed E-state index contributed by atoms with van der Waals surface area (Å²) in [5.74, 6) is -0.0526. The summed E-state index contributed by atoms with van der Waals surface area (Å²) in [7, 11) is 1.73. The molecule has 1 saturated heterocycles. The fraction of sp³-hybridized carbons (Fsp3) is 0.586. The first-order chi connectivity index (χ1) is 17.7. The third kappa shape index (κ3) is 8.81. The van der Waals surface area contributed by atoms with E-state index in [2.05, 4.69) is 42.9 Å². The number of aliphatic imine (C=N–C) groups is 2. The van der Waals surface area contributed by atoms with Crippen molar-refractivity contribution in [2.45, 2.75) is 60.3 Å². The summed E-state index contributed by atoms with van der Waals surface area (Å²) >= 11 is 0. The number of rotatable bonds is 8. The number of nitrogens with one attached hydrogen (secondary N) is 1. The van der Waals surface area contributed by atoms with E-state index in [9.17, 15) is 14.7 Å². The molecule has 8 heteroatoms. The van der Waals surface area contributed by atoms with Crippen LogP contribution in [0.5, 0.6) is 0 Å². The molecule has 0 radical (unpaired) electrons. The average Bonchev–Trinajstić information content (AvgIpc) is 2.88. The molecule has 2 rings (SSSR count). The molecule has 0 spiro atoms. The van der Waals surface area contributed by atoms with E-state index in [0.29, 0.717) is 48.7 Å². The number of nitrogens with zero attached hydrogens (tertiary/aromatic N) is 3. The van der Waals surface area contributed by atoms with Crippen molar-refractivity contribution < 1.29 is 19.4 Å². The van der Waals surface area contributed by atoms with Gasteiger partial charge in [-0.1, -0.05) is 45.9 Å². The molecule has 0 aromatic rings. The topological polar surface area (TPSA) is 104 Å². The third-order valence-corrected chi connectivity index (χ3v) is 7.14. The van der Waals surface area contributed by atoms with Gasteiger partial charge >= 0.3 is 5.97 Å². The zero-order chi connectivity index (χ0) is 27.4. The minimum atomic E-state index is -1.08. The summed E-state index contributed by atoms with van der Waals surface area (Å²) in [5.41, 5.74) is 1.72. The van der Waals surface area contributed by atoms with E-state index < -0.39 is 11.9 Å². The normalized spacial score (nSPS) is 23.2. The predicted molar refractivity (Wildman–Crippen MR) is 150 cm³/mol. The molecular formula is C29H44N4O4. The third-order valence-electron chi connectivity index (χ3n) is 7.14. The van der Waals surface area contributed by atoms with Crippen LogP contribution >= 0.6 is 0 Å². The Hall–Kier alpha value is -3.00. The molecule has 1 aliphatic heterocycles. The van der Waals surface area contributed by atoms with Crippen LogP contribution in [0.15, 0.2) is 57.2 Å². The van der Waals surface area contributed by atoms with Crippen LogP contribution in [-0.2, 0) is 14.3 Å². The maximum Gasteiger partial charge on any atom is 0.336 e. The Morgan fingerprint density at radius 2 is 2.00 bits per heavy atom. The van der Waals surface area contributed by atoms with Crippen molar-refractivity contribution in [2.75, 3.05) is 33.4 Å². The number of amides is 1. The maximum absolute atomic E-state index is 13.4. The molecule has 3 unspecified atom stereocenters. The lowest BCUT2D eigenvalue weighted by molar-refractivity contribution is -0.132. The number of guanidine groups is 1. The first-order valence-corrected chi connectivity index (χ1v) is 13.4. The van der Waals surface area contributed by atoms with Gasteiger partial charge in [-0.05, 0) is 62.5 Å². The smallest absolute Gasteiger partial charge is 0.336 e. The highest BCUT2D eigenvalue weighted by molar-refractivity contribution is 6.07. The molecule has 1 aliphatic carbocycles. The molecule has 1 heterocycles. The second-order valence-corrected chi connectivity index (χ2v) is 9.67. The van der Waals surface area contributed by atoms with Gasteiger partial charge < -0.3 is 20.1 Å². The number of morpholine rings is 1. The molecule has 0 aromatic carbocycles. The largest absolute Gasteiger partial charge is 0.478 e. The van der Waals surface area contributed by atoms with Gasteiger partial charge in [0, 0.05) is 37.1 Å². The highest BCUT2D eigenvalue weighted by Crippen LogP contribution is 2.29. The highest BCUT2D eigenvalue weighted by atomic mass is 16.5. The van der Waals surface area contributed by atoms with Crippen LogP contribution in [0.3, 0.4) is 0 Å². The van der Waals surface area contributed by atoms with Crippen molar-refractivity contribution in [3.8, 4) is 0 Å². The van der Waals surface area contributed by atoms with Crippen molar-refractivity contribution in [1.82, 2.24) is 10.2 Å². The van der Waals surface area contributed by atoms with Crippen LogP contribution < -0.4 is 5.32 Å². The standard InChI is InChI=1S/C29H44N4O4/c1-7-10-23(19-26(20(4)8-2)32-29(30-6)33-15-17-37-18-16-33)31-27(34)24-13-11-21(5)22(9-3)12-14-25(24)28(35)36/h7,10,12,14,19-22H,8-9,11,13,15-18H2,1-6H3,(H,31,34)(H,35,36). The molecule has 2 aliphatic rings. The number of carbonyl (C=O) groups excluding carboxylic acids is 1. The van der Waals surface area contributed by atoms with E-state index in [4.69, 9.17) is 9.73 Å². The molecule has 0 bridgehead atoms. The van der Waals surface area contributed by atoms with E-state index in [0.717, 1.165) is 38.1 Å². The molecule has 2 N–H and O–H groups in total. The second-order valence-electron chi connectivity index (χ2n) is 9.67. The number of carbonyl (C=O) groups is 2. The lowest BCUT2D eigenvalue weighted by Crippen LogP contribution is -2.40. The van der Waals surface area contributed by atoms with Crippen molar-refractivity contribution in [3.05, 3.63) is 47.2 Å². The van der Waals surface area contributed by atoms with Crippen LogP contribution in [0.4, 0.5) is 0 Å². The molecule has 0 aromatic heterocycles.